The minimum Gasteiger partial charge on any atom is -0.459 e. The third kappa shape index (κ3) is 2.60. The lowest BCUT2D eigenvalue weighted by molar-refractivity contribution is -0.0413. The van der Waals surface area contributed by atoms with E-state index in [1.165, 1.54) is 23.8 Å². The summed E-state index contributed by atoms with van der Waals surface area (Å²) in [5, 5.41) is 4.77. The van der Waals surface area contributed by atoms with Crippen LogP contribution in [-0.2, 0) is 4.74 Å². The molecule has 2 aromatic rings. The normalized spacial score (nSPS) is 19.2. The molecular weight excluding hydrogens is 262 g/mol. The van der Waals surface area contributed by atoms with Crippen molar-refractivity contribution in [3.63, 3.8) is 0 Å². The molecule has 0 bridgehead atoms. The van der Waals surface area contributed by atoms with Gasteiger partial charge in [0.1, 0.15) is 11.3 Å². The zero-order chi connectivity index (χ0) is 14.9. The van der Waals surface area contributed by atoms with Crippen LogP contribution in [0.1, 0.15) is 50.0 Å². The standard InChI is InChI=1S/C18H25NO2/c1-4-19-17(18(20-3)9-5-6-10-18)16-12-14-11-13(2)7-8-15(14)21-16/h7-8,11-12,17,19H,4-6,9-10H2,1-3H3. The van der Waals surface area contributed by atoms with Crippen molar-refractivity contribution in [1.82, 2.24) is 5.32 Å². The SMILES string of the molecule is CCNC(c1cc2cc(C)ccc2o1)C1(OC)CCCC1. The number of furan rings is 1. The average Bonchev–Trinajstić information content (AvgIpc) is 3.11. The van der Waals surface area contributed by atoms with Crippen molar-refractivity contribution in [1.29, 1.82) is 0 Å². The highest BCUT2D eigenvalue weighted by molar-refractivity contribution is 5.78. The number of ether oxygens (including phenoxy) is 1. The summed E-state index contributed by atoms with van der Waals surface area (Å²) in [6.07, 6.45) is 4.65. The molecule has 1 fully saturated rings. The van der Waals surface area contributed by atoms with E-state index in [1.807, 2.05) is 7.11 Å². The molecule has 1 heterocycles. The molecule has 1 saturated carbocycles. The van der Waals surface area contributed by atoms with Gasteiger partial charge in [-0.3, -0.25) is 0 Å². The van der Waals surface area contributed by atoms with Crippen LogP contribution in [0.5, 0.6) is 0 Å². The van der Waals surface area contributed by atoms with Gasteiger partial charge in [-0.05, 0) is 44.5 Å². The summed E-state index contributed by atoms with van der Waals surface area (Å²) in [5.41, 5.74) is 2.10. The predicted octanol–water partition coefficient (Wildman–Crippen LogP) is 4.35. The lowest BCUT2D eigenvalue weighted by Gasteiger charge is -2.35. The van der Waals surface area contributed by atoms with Crippen molar-refractivity contribution >= 4 is 11.0 Å². The summed E-state index contributed by atoms with van der Waals surface area (Å²) in [5.74, 6) is 1.00. The monoisotopic (exact) mass is 287 g/mol. The fourth-order valence-electron chi connectivity index (χ4n) is 3.66. The number of methoxy groups -OCH3 is 1. The van der Waals surface area contributed by atoms with E-state index in [0.29, 0.717) is 0 Å². The molecule has 114 valence electrons. The molecule has 1 aliphatic rings. The molecule has 0 spiro atoms. The van der Waals surface area contributed by atoms with Crippen molar-refractivity contribution in [3.8, 4) is 0 Å². The van der Waals surface area contributed by atoms with Gasteiger partial charge >= 0.3 is 0 Å². The minimum atomic E-state index is -0.126. The Hall–Kier alpha value is -1.32. The van der Waals surface area contributed by atoms with Crippen molar-refractivity contribution in [3.05, 3.63) is 35.6 Å². The third-order valence-electron chi connectivity index (χ3n) is 4.77. The van der Waals surface area contributed by atoms with E-state index in [4.69, 9.17) is 9.15 Å². The maximum Gasteiger partial charge on any atom is 0.134 e. The van der Waals surface area contributed by atoms with E-state index >= 15 is 0 Å². The van der Waals surface area contributed by atoms with E-state index in [1.54, 1.807) is 0 Å². The number of aryl methyl sites for hydroxylation is 1. The van der Waals surface area contributed by atoms with E-state index in [0.717, 1.165) is 30.7 Å². The number of rotatable bonds is 5. The first-order valence-electron chi connectivity index (χ1n) is 7.97. The molecule has 3 heteroatoms. The van der Waals surface area contributed by atoms with Crippen LogP contribution in [0.3, 0.4) is 0 Å². The van der Waals surface area contributed by atoms with Crippen LogP contribution in [0, 0.1) is 6.92 Å². The molecule has 0 saturated heterocycles. The second kappa shape index (κ2) is 5.82. The Morgan fingerprint density at radius 2 is 2.05 bits per heavy atom. The van der Waals surface area contributed by atoms with Gasteiger partial charge in [0, 0.05) is 12.5 Å². The molecule has 1 unspecified atom stereocenters. The summed E-state index contributed by atoms with van der Waals surface area (Å²) in [7, 11) is 1.84. The molecule has 1 aliphatic carbocycles. The lowest BCUT2D eigenvalue weighted by Crippen LogP contribution is -2.43. The largest absolute Gasteiger partial charge is 0.459 e. The minimum absolute atomic E-state index is 0.126. The van der Waals surface area contributed by atoms with E-state index in [-0.39, 0.29) is 11.6 Å². The second-order valence-electron chi connectivity index (χ2n) is 6.16. The molecule has 21 heavy (non-hydrogen) atoms. The number of nitrogens with one attached hydrogen (secondary N) is 1. The number of benzene rings is 1. The highest BCUT2D eigenvalue weighted by Crippen LogP contribution is 2.43. The van der Waals surface area contributed by atoms with Crippen LogP contribution in [0.15, 0.2) is 28.7 Å². The molecule has 1 atom stereocenters. The Morgan fingerprint density at radius 3 is 2.71 bits per heavy atom. The average molecular weight is 287 g/mol. The summed E-state index contributed by atoms with van der Waals surface area (Å²) in [6.45, 7) is 5.16. The Bertz CT molecular complexity index is 611. The van der Waals surface area contributed by atoms with E-state index < -0.39 is 0 Å². The van der Waals surface area contributed by atoms with Gasteiger partial charge in [-0.25, -0.2) is 0 Å². The molecular formula is C18H25NO2. The smallest absolute Gasteiger partial charge is 0.134 e. The maximum atomic E-state index is 6.13. The second-order valence-corrected chi connectivity index (χ2v) is 6.16. The fraction of sp³-hybridized carbons (Fsp3) is 0.556. The number of likely N-dealkylation sites (N-methyl/N-ethyl adjacent to an activating group) is 1. The number of fused-ring (bicyclic) bond motifs is 1. The number of hydrogen-bond donors (Lipinski definition) is 1. The van der Waals surface area contributed by atoms with Crippen molar-refractivity contribution in [2.45, 2.75) is 51.2 Å². The third-order valence-corrected chi connectivity index (χ3v) is 4.77. The molecule has 0 amide bonds. The molecule has 0 radical (unpaired) electrons. The first-order chi connectivity index (χ1) is 10.2. The van der Waals surface area contributed by atoms with Gasteiger partial charge in [0.2, 0.25) is 0 Å². The topological polar surface area (TPSA) is 34.4 Å². The van der Waals surface area contributed by atoms with Crippen LogP contribution in [0.25, 0.3) is 11.0 Å². The van der Waals surface area contributed by atoms with E-state index in [9.17, 15) is 0 Å². The highest BCUT2D eigenvalue weighted by atomic mass is 16.5. The number of hydrogen-bond acceptors (Lipinski definition) is 3. The highest BCUT2D eigenvalue weighted by Gasteiger charge is 2.43. The first-order valence-corrected chi connectivity index (χ1v) is 7.97. The van der Waals surface area contributed by atoms with Crippen molar-refractivity contribution in [2.75, 3.05) is 13.7 Å². The zero-order valence-corrected chi connectivity index (χ0v) is 13.2. The van der Waals surface area contributed by atoms with Crippen LogP contribution < -0.4 is 5.32 Å². The van der Waals surface area contributed by atoms with Crippen LogP contribution in [0.4, 0.5) is 0 Å². The molecule has 1 N–H and O–H groups in total. The lowest BCUT2D eigenvalue weighted by atomic mass is 9.90. The van der Waals surface area contributed by atoms with Crippen molar-refractivity contribution < 1.29 is 9.15 Å². The Morgan fingerprint density at radius 1 is 1.29 bits per heavy atom. The Labute approximate surface area is 126 Å². The predicted molar refractivity (Wildman–Crippen MR) is 85.6 cm³/mol. The molecule has 3 rings (SSSR count). The summed E-state index contributed by atoms with van der Waals surface area (Å²) in [4.78, 5) is 0. The Balaban J connectivity index is 2.02. The molecule has 1 aromatic carbocycles. The summed E-state index contributed by atoms with van der Waals surface area (Å²) in [6, 6.07) is 8.64. The molecule has 3 nitrogen and oxygen atoms in total. The Kier molecular flexibility index (Phi) is 4.05. The summed E-state index contributed by atoms with van der Waals surface area (Å²) >= 11 is 0. The van der Waals surface area contributed by atoms with Crippen LogP contribution in [-0.4, -0.2) is 19.3 Å². The van der Waals surface area contributed by atoms with Crippen LogP contribution in [0.2, 0.25) is 0 Å². The maximum absolute atomic E-state index is 6.13. The van der Waals surface area contributed by atoms with Gasteiger partial charge < -0.3 is 14.5 Å². The van der Waals surface area contributed by atoms with Crippen molar-refractivity contribution in [2.24, 2.45) is 0 Å². The van der Waals surface area contributed by atoms with Gasteiger partial charge in [-0.1, -0.05) is 31.4 Å². The summed E-state index contributed by atoms with van der Waals surface area (Å²) < 4.78 is 12.1. The van der Waals surface area contributed by atoms with Gasteiger partial charge in [0.15, 0.2) is 0 Å². The molecule has 1 aromatic heterocycles. The zero-order valence-electron chi connectivity index (χ0n) is 13.2. The molecule has 0 aliphatic heterocycles. The fourth-order valence-corrected chi connectivity index (χ4v) is 3.66. The first kappa shape index (κ1) is 14.6. The van der Waals surface area contributed by atoms with Gasteiger partial charge in [-0.2, -0.15) is 0 Å². The van der Waals surface area contributed by atoms with Gasteiger partial charge in [0.25, 0.3) is 0 Å². The van der Waals surface area contributed by atoms with Gasteiger partial charge in [-0.15, -0.1) is 0 Å². The van der Waals surface area contributed by atoms with Gasteiger partial charge in [0.05, 0.1) is 11.6 Å². The van der Waals surface area contributed by atoms with Crippen LogP contribution >= 0.6 is 0 Å². The van der Waals surface area contributed by atoms with E-state index in [2.05, 4.69) is 43.4 Å². The quantitative estimate of drug-likeness (QED) is 0.887.